The molecule has 112 valence electrons. The highest BCUT2D eigenvalue weighted by Crippen LogP contribution is 2.18. The van der Waals surface area contributed by atoms with Crippen molar-refractivity contribution in [2.75, 3.05) is 18.9 Å². The summed E-state index contributed by atoms with van der Waals surface area (Å²) in [6.45, 7) is 2.88. The van der Waals surface area contributed by atoms with Crippen molar-refractivity contribution in [3.05, 3.63) is 60.2 Å². The summed E-state index contributed by atoms with van der Waals surface area (Å²) in [5, 5.41) is 3.29. The first-order chi connectivity index (χ1) is 10.0. The standard InChI is InChI=1S/C16H20N2O2S/c1-13(14-7-4-3-5-8-14)12-18-15-9-6-10-16(11-15)21(19,20)17-2/h3-11,13,17-18H,12H2,1-2H3. The van der Waals surface area contributed by atoms with Gasteiger partial charge in [-0.3, -0.25) is 0 Å². The summed E-state index contributed by atoms with van der Waals surface area (Å²) in [4.78, 5) is 0.266. The van der Waals surface area contributed by atoms with Crippen molar-refractivity contribution >= 4 is 15.7 Å². The van der Waals surface area contributed by atoms with E-state index in [0.717, 1.165) is 12.2 Å². The van der Waals surface area contributed by atoms with E-state index in [-0.39, 0.29) is 4.90 Å². The Morgan fingerprint density at radius 1 is 1.05 bits per heavy atom. The van der Waals surface area contributed by atoms with Crippen LogP contribution < -0.4 is 10.0 Å². The van der Waals surface area contributed by atoms with Gasteiger partial charge in [0, 0.05) is 12.2 Å². The predicted molar refractivity (Wildman–Crippen MR) is 86.0 cm³/mol. The van der Waals surface area contributed by atoms with E-state index in [2.05, 4.69) is 29.1 Å². The average molecular weight is 304 g/mol. The van der Waals surface area contributed by atoms with E-state index in [0.29, 0.717) is 5.92 Å². The van der Waals surface area contributed by atoms with Crippen LogP contribution >= 0.6 is 0 Å². The van der Waals surface area contributed by atoms with Crippen molar-refractivity contribution in [3.8, 4) is 0 Å². The highest BCUT2D eigenvalue weighted by Gasteiger charge is 2.11. The first-order valence-electron chi connectivity index (χ1n) is 6.85. The number of rotatable bonds is 6. The summed E-state index contributed by atoms with van der Waals surface area (Å²) in [5.74, 6) is 0.343. The fourth-order valence-electron chi connectivity index (χ4n) is 2.06. The number of benzene rings is 2. The maximum absolute atomic E-state index is 11.8. The molecule has 2 N–H and O–H groups in total. The molecule has 1 unspecified atom stereocenters. The van der Waals surface area contributed by atoms with Gasteiger partial charge in [-0.15, -0.1) is 0 Å². The Morgan fingerprint density at radius 3 is 2.43 bits per heavy atom. The van der Waals surface area contributed by atoms with Crippen LogP contribution in [0.25, 0.3) is 0 Å². The van der Waals surface area contributed by atoms with Crippen LogP contribution in [0.3, 0.4) is 0 Å². The highest BCUT2D eigenvalue weighted by molar-refractivity contribution is 7.89. The summed E-state index contributed by atoms with van der Waals surface area (Å²) in [7, 11) is -1.99. The molecule has 0 radical (unpaired) electrons. The largest absolute Gasteiger partial charge is 0.384 e. The Kier molecular flexibility index (Phi) is 4.98. The summed E-state index contributed by atoms with van der Waals surface area (Å²) < 4.78 is 25.9. The topological polar surface area (TPSA) is 58.2 Å². The SMILES string of the molecule is CNS(=O)(=O)c1cccc(NCC(C)c2ccccc2)c1. The van der Waals surface area contributed by atoms with Gasteiger partial charge < -0.3 is 5.32 Å². The molecule has 4 nitrogen and oxygen atoms in total. The van der Waals surface area contributed by atoms with Crippen molar-refractivity contribution in [1.29, 1.82) is 0 Å². The molecular formula is C16H20N2O2S. The average Bonchev–Trinajstić information content (AvgIpc) is 2.53. The van der Waals surface area contributed by atoms with Crippen LogP contribution in [-0.2, 0) is 10.0 Å². The minimum atomic E-state index is -3.40. The van der Waals surface area contributed by atoms with Crippen LogP contribution in [0.4, 0.5) is 5.69 Å². The lowest BCUT2D eigenvalue weighted by atomic mass is 10.0. The van der Waals surface area contributed by atoms with Gasteiger partial charge in [-0.05, 0) is 36.7 Å². The molecule has 0 aromatic heterocycles. The molecule has 2 aromatic carbocycles. The van der Waals surface area contributed by atoms with Crippen molar-refractivity contribution in [3.63, 3.8) is 0 Å². The summed E-state index contributed by atoms with van der Waals surface area (Å²) >= 11 is 0. The van der Waals surface area contributed by atoms with E-state index in [1.54, 1.807) is 18.2 Å². The molecule has 0 heterocycles. The van der Waals surface area contributed by atoms with Crippen LogP contribution in [0.15, 0.2) is 59.5 Å². The van der Waals surface area contributed by atoms with Gasteiger partial charge in [0.2, 0.25) is 10.0 Å². The van der Waals surface area contributed by atoms with Crippen LogP contribution in [-0.4, -0.2) is 22.0 Å². The number of anilines is 1. The van der Waals surface area contributed by atoms with Gasteiger partial charge in [-0.2, -0.15) is 0 Å². The molecule has 0 spiro atoms. The van der Waals surface area contributed by atoms with Gasteiger partial charge in [0.15, 0.2) is 0 Å². The normalized spacial score (nSPS) is 12.9. The number of hydrogen-bond donors (Lipinski definition) is 2. The monoisotopic (exact) mass is 304 g/mol. The number of hydrogen-bond acceptors (Lipinski definition) is 3. The van der Waals surface area contributed by atoms with Gasteiger partial charge in [0.1, 0.15) is 0 Å². The fourth-order valence-corrected chi connectivity index (χ4v) is 2.84. The van der Waals surface area contributed by atoms with Gasteiger partial charge in [-0.1, -0.05) is 43.3 Å². The van der Waals surface area contributed by atoms with E-state index < -0.39 is 10.0 Å². The molecule has 0 saturated heterocycles. The Hall–Kier alpha value is -1.85. The van der Waals surface area contributed by atoms with Crippen molar-refractivity contribution in [2.24, 2.45) is 0 Å². The summed E-state index contributed by atoms with van der Waals surface area (Å²) in [6.07, 6.45) is 0. The highest BCUT2D eigenvalue weighted by atomic mass is 32.2. The zero-order valence-electron chi connectivity index (χ0n) is 12.2. The molecule has 0 aliphatic rings. The Balaban J connectivity index is 2.06. The fraction of sp³-hybridized carbons (Fsp3) is 0.250. The maximum atomic E-state index is 11.8. The van der Waals surface area contributed by atoms with Gasteiger partial charge in [0.25, 0.3) is 0 Å². The lowest BCUT2D eigenvalue weighted by Gasteiger charge is -2.14. The van der Waals surface area contributed by atoms with Gasteiger partial charge >= 0.3 is 0 Å². The third-order valence-electron chi connectivity index (χ3n) is 3.39. The maximum Gasteiger partial charge on any atom is 0.240 e. The molecule has 21 heavy (non-hydrogen) atoms. The third-order valence-corrected chi connectivity index (χ3v) is 4.81. The molecule has 0 saturated carbocycles. The predicted octanol–water partition coefficient (Wildman–Crippen LogP) is 2.81. The zero-order chi connectivity index (χ0) is 15.3. The minimum absolute atomic E-state index is 0.266. The molecule has 5 heteroatoms. The molecule has 0 aliphatic carbocycles. The first kappa shape index (κ1) is 15.5. The Morgan fingerprint density at radius 2 is 1.76 bits per heavy atom. The summed E-state index contributed by atoms with van der Waals surface area (Å²) in [6, 6.07) is 17.0. The third kappa shape index (κ3) is 4.06. The molecule has 0 amide bonds. The molecular weight excluding hydrogens is 284 g/mol. The second-order valence-electron chi connectivity index (χ2n) is 4.93. The molecule has 0 bridgehead atoms. The Bertz CT molecular complexity index is 684. The number of sulfonamides is 1. The molecule has 1 atom stereocenters. The smallest absolute Gasteiger partial charge is 0.240 e. The van der Waals surface area contributed by atoms with Crippen LogP contribution in [0, 0.1) is 0 Å². The van der Waals surface area contributed by atoms with Gasteiger partial charge in [0.05, 0.1) is 4.90 Å². The van der Waals surface area contributed by atoms with Crippen molar-refractivity contribution < 1.29 is 8.42 Å². The van der Waals surface area contributed by atoms with Crippen LogP contribution in [0.1, 0.15) is 18.4 Å². The van der Waals surface area contributed by atoms with E-state index in [4.69, 9.17) is 0 Å². The quantitative estimate of drug-likeness (QED) is 0.863. The lowest BCUT2D eigenvalue weighted by molar-refractivity contribution is 0.588. The van der Waals surface area contributed by atoms with E-state index in [1.807, 2.05) is 24.3 Å². The first-order valence-corrected chi connectivity index (χ1v) is 8.33. The second kappa shape index (κ2) is 6.74. The Labute approximate surface area is 126 Å². The minimum Gasteiger partial charge on any atom is -0.384 e. The van der Waals surface area contributed by atoms with Crippen LogP contribution in [0.5, 0.6) is 0 Å². The van der Waals surface area contributed by atoms with Crippen LogP contribution in [0.2, 0.25) is 0 Å². The summed E-state index contributed by atoms with van der Waals surface area (Å²) in [5.41, 5.74) is 2.05. The molecule has 0 fully saturated rings. The van der Waals surface area contributed by atoms with Crippen molar-refractivity contribution in [1.82, 2.24) is 4.72 Å². The second-order valence-corrected chi connectivity index (χ2v) is 6.81. The van der Waals surface area contributed by atoms with E-state index in [9.17, 15) is 8.42 Å². The molecule has 2 rings (SSSR count). The number of nitrogens with one attached hydrogen (secondary N) is 2. The lowest BCUT2D eigenvalue weighted by Crippen LogP contribution is -2.18. The van der Waals surface area contributed by atoms with E-state index in [1.165, 1.54) is 12.6 Å². The van der Waals surface area contributed by atoms with Gasteiger partial charge in [-0.25, -0.2) is 13.1 Å². The molecule has 0 aliphatic heterocycles. The zero-order valence-corrected chi connectivity index (χ0v) is 13.0. The molecule has 2 aromatic rings. The van der Waals surface area contributed by atoms with Crippen molar-refractivity contribution in [2.45, 2.75) is 17.7 Å². The van der Waals surface area contributed by atoms with E-state index >= 15 is 0 Å².